The molecule has 8 heteroatoms. The van der Waals surface area contributed by atoms with Gasteiger partial charge in [-0.3, -0.25) is 14.4 Å². The van der Waals surface area contributed by atoms with Gasteiger partial charge in [0.1, 0.15) is 17.2 Å². The van der Waals surface area contributed by atoms with Crippen molar-refractivity contribution in [1.29, 1.82) is 0 Å². The standard InChI is InChI=1S/C34H29NO7/c1-40-26-12-5-3-10-23(26)29-31(33(37)38)30(24-11-4-6-13-27(24)41-2)32(29)34(39)42-22-9-7-8-19(16-22)20-14-15-21-18-28(36)35-25(21)17-20/h3-17,29-32H,18H2,1-2H3,(H,35,36)(H,37,38)/t29-,30?,31-,32-/m1/s1. The molecule has 1 heterocycles. The fraction of sp³-hybridized carbons (Fsp3) is 0.206. The molecule has 4 aromatic rings. The molecule has 1 fully saturated rings. The Morgan fingerprint density at radius 1 is 0.762 bits per heavy atom. The van der Waals surface area contributed by atoms with E-state index in [0.29, 0.717) is 34.8 Å². The molecule has 42 heavy (non-hydrogen) atoms. The molecule has 6 rings (SSSR count). The fourth-order valence-electron chi connectivity index (χ4n) is 6.32. The molecule has 0 spiro atoms. The molecule has 4 aromatic carbocycles. The van der Waals surface area contributed by atoms with Gasteiger partial charge >= 0.3 is 11.9 Å². The first-order valence-electron chi connectivity index (χ1n) is 13.6. The van der Waals surface area contributed by atoms with E-state index in [-0.39, 0.29) is 5.91 Å². The van der Waals surface area contributed by atoms with E-state index in [1.165, 1.54) is 14.2 Å². The maximum Gasteiger partial charge on any atom is 0.315 e. The minimum atomic E-state index is -1.02. The Hall–Kier alpha value is -5.11. The molecule has 0 saturated heterocycles. The molecule has 2 aliphatic rings. The maximum atomic E-state index is 14.0. The average molecular weight is 564 g/mol. The number of para-hydroxylation sites is 2. The Kier molecular flexibility index (Phi) is 7.12. The number of methoxy groups -OCH3 is 2. The monoisotopic (exact) mass is 563 g/mol. The van der Waals surface area contributed by atoms with Gasteiger partial charge in [-0.25, -0.2) is 0 Å². The average Bonchev–Trinajstić information content (AvgIpc) is 3.36. The second-order valence-corrected chi connectivity index (χ2v) is 10.5. The normalized spacial score (nSPS) is 20.6. The zero-order valence-electron chi connectivity index (χ0n) is 23.1. The molecule has 1 unspecified atom stereocenters. The first-order chi connectivity index (χ1) is 20.4. The number of carboxylic acid groups (broad SMARTS) is 1. The molecule has 1 aliphatic carbocycles. The summed E-state index contributed by atoms with van der Waals surface area (Å²) in [6.07, 6.45) is 0.354. The predicted octanol–water partition coefficient (Wildman–Crippen LogP) is 5.67. The van der Waals surface area contributed by atoms with Crippen molar-refractivity contribution in [3.05, 3.63) is 108 Å². The number of carbonyl (C=O) groups is 3. The summed E-state index contributed by atoms with van der Waals surface area (Å²) >= 11 is 0. The van der Waals surface area contributed by atoms with E-state index in [1.807, 2.05) is 24.3 Å². The minimum absolute atomic E-state index is 0.0424. The molecular weight excluding hydrogens is 534 g/mol. The van der Waals surface area contributed by atoms with Gasteiger partial charge in [-0.15, -0.1) is 0 Å². The van der Waals surface area contributed by atoms with Gasteiger partial charge < -0.3 is 24.6 Å². The topological polar surface area (TPSA) is 111 Å². The highest BCUT2D eigenvalue weighted by molar-refractivity contribution is 6.00. The summed E-state index contributed by atoms with van der Waals surface area (Å²) in [5.74, 6) is -3.37. The Morgan fingerprint density at radius 2 is 1.38 bits per heavy atom. The molecule has 1 aliphatic heterocycles. The number of anilines is 1. The van der Waals surface area contributed by atoms with Crippen molar-refractivity contribution < 1.29 is 33.7 Å². The fourth-order valence-corrected chi connectivity index (χ4v) is 6.32. The van der Waals surface area contributed by atoms with E-state index >= 15 is 0 Å². The van der Waals surface area contributed by atoms with Gasteiger partial charge in [0.15, 0.2) is 0 Å². The van der Waals surface area contributed by atoms with E-state index in [1.54, 1.807) is 66.7 Å². The van der Waals surface area contributed by atoms with Crippen molar-refractivity contribution in [3.8, 4) is 28.4 Å². The highest BCUT2D eigenvalue weighted by atomic mass is 16.5. The number of hydrogen-bond acceptors (Lipinski definition) is 6. The summed E-state index contributed by atoms with van der Waals surface area (Å²) in [5.41, 5.74) is 4.65. The summed E-state index contributed by atoms with van der Waals surface area (Å²) in [5, 5.41) is 13.3. The zero-order chi connectivity index (χ0) is 29.4. The van der Waals surface area contributed by atoms with Crippen molar-refractivity contribution in [2.24, 2.45) is 11.8 Å². The summed E-state index contributed by atoms with van der Waals surface area (Å²) in [6.45, 7) is 0. The van der Waals surface area contributed by atoms with Crippen LogP contribution in [0.3, 0.4) is 0 Å². The summed E-state index contributed by atoms with van der Waals surface area (Å²) in [4.78, 5) is 38.5. The maximum absolute atomic E-state index is 14.0. The quantitative estimate of drug-likeness (QED) is 0.210. The number of aliphatic carboxylic acids is 1. The van der Waals surface area contributed by atoms with Crippen LogP contribution in [-0.2, 0) is 20.8 Å². The summed E-state index contributed by atoms with van der Waals surface area (Å²) < 4.78 is 17.1. The number of esters is 1. The van der Waals surface area contributed by atoms with Gasteiger partial charge in [-0.2, -0.15) is 0 Å². The Labute approximate surface area is 242 Å². The van der Waals surface area contributed by atoms with E-state index in [4.69, 9.17) is 14.2 Å². The van der Waals surface area contributed by atoms with E-state index in [9.17, 15) is 19.5 Å². The van der Waals surface area contributed by atoms with Crippen LogP contribution >= 0.6 is 0 Å². The van der Waals surface area contributed by atoms with Gasteiger partial charge in [-0.05, 0) is 58.1 Å². The Bertz CT molecular complexity index is 1640. The predicted molar refractivity (Wildman–Crippen MR) is 156 cm³/mol. The number of fused-ring (bicyclic) bond motifs is 1. The van der Waals surface area contributed by atoms with Crippen molar-refractivity contribution in [2.75, 3.05) is 19.5 Å². The van der Waals surface area contributed by atoms with E-state index in [2.05, 4.69) is 5.32 Å². The number of hydrogen-bond donors (Lipinski definition) is 2. The molecule has 1 amide bonds. The van der Waals surface area contributed by atoms with Crippen LogP contribution < -0.4 is 19.5 Å². The lowest BCUT2D eigenvalue weighted by atomic mass is 9.52. The molecule has 4 atom stereocenters. The van der Waals surface area contributed by atoms with Gasteiger partial charge in [0.25, 0.3) is 0 Å². The summed E-state index contributed by atoms with van der Waals surface area (Å²) in [7, 11) is 3.04. The third kappa shape index (κ3) is 4.75. The van der Waals surface area contributed by atoms with Crippen LogP contribution in [0, 0.1) is 11.8 Å². The summed E-state index contributed by atoms with van der Waals surface area (Å²) in [6, 6.07) is 27.2. The van der Waals surface area contributed by atoms with Gasteiger partial charge in [0.2, 0.25) is 5.91 Å². The molecule has 0 bridgehead atoms. The smallest absolute Gasteiger partial charge is 0.315 e. The number of ether oxygens (including phenoxy) is 3. The lowest BCUT2D eigenvalue weighted by Crippen LogP contribution is -2.52. The first kappa shape index (κ1) is 27.1. The third-order valence-electron chi connectivity index (χ3n) is 8.22. The number of benzene rings is 4. The van der Waals surface area contributed by atoms with Gasteiger partial charge in [0.05, 0.1) is 32.5 Å². The van der Waals surface area contributed by atoms with Crippen molar-refractivity contribution in [3.63, 3.8) is 0 Å². The largest absolute Gasteiger partial charge is 0.496 e. The van der Waals surface area contributed by atoms with Crippen LogP contribution in [0.25, 0.3) is 11.1 Å². The minimum Gasteiger partial charge on any atom is -0.496 e. The van der Waals surface area contributed by atoms with Crippen LogP contribution in [0.4, 0.5) is 5.69 Å². The third-order valence-corrected chi connectivity index (χ3v) is 8.22. The molecule has 1 saturated carbocycles. The van der Waals surface area contributed by atoms with Gasteiger partial charge in [0, 0.05) is 17.5 Å². The molecule has 0 aromatic heterocycles. The van der Waals surface area contributed by atoms with Crippen LogP contribution in [0.15, 0.2) is 91.0 Å². The molecular formula is C34H29NO7. The Morgan fingerprint density at radius 3 is 2.00 bits per heavy atom. The molecule has 0 radical (unpaired) electrons. The number of amides is 1. The molecule has 212 valence electrons. The van der Waals surface area contributed by atoms with Crippen molar-refractivity contribution >= 4 is 23.5 Å². The zero-order valence-corrected chi connectivity index (χ0v) is 23.1. The second-order valence-electron chi connectivity index (χ2n) is 10.5. The second kappa shape index (κ2) is 11.0. The lowest BCUT2D eigenvalue weighted by Gasteiger charge is -2.49. The van der Waals surface area contributed by atoms with Gasteiger partial charge in [-0.1, -0.05) is 60.7 Å². The number of nitrogens with one attached hydrogen (secondary N) is 1. The van der Waals surface area contributed by atoms with Crippen LogP contribution in [0.2, 0.25) is 0 Å². The van der Waals surface area contributed by atoms with Crippen LogP contribution in [0.1, 0.15) is 28.5 Å². The highest BCUT2D eigenvalue weighted by Gasteiger charge is 2.60. The number of carbonyl (C=O) groups excluding carboxylic acids is 2. The number of rotatable bonds is 8. The van der Waals surface area contributed by atoms with Crippen LogP contribution in [0.5, 0.6) is 17.2 Å². The molecule has 2 N–H and O–H groups in total. The van der Waals surface area contributed by atoms with E-state index < -0.39 is 35.6 Å². The van der Waals surface area contributed by atoms with E-state index in [0.717, 1.165) is 22.4 Å². The SMILES string of the molecule is COc1ccccc1C1[C@H](C(=O)O)[C@@H](c2ccccc2OC)[C@H]1C(=O)Oc1cccc(-c2ccc3c(c2)NC(=O)C3)c1. The highest BCUT2D eigenvalue weighted by Crippen LogP contribution is 2.60. The lowest BCUT2D eigenvalue weighted by molar-refractivity contribution is -0.158. The van der Waals surface area contributed by atoms with Crippen molar-refractivity contribution in [1.82, 2.24) is 0 Å². The van der Waals surface area contributed by atoms with Crippen LogP contribution in [-0.4, -0.2) is 37.2 Å². The van der Waals surface area contributed by atoms with Crippen molar-refractivity contribution in [2.45, 2.75) is 18.3 Å². The molecule has 8 nitrogen and oxygen atoms in total. The first-order valence-corrected chi connectivity index (χ1v) is 13.6. The Balaban J connectivity index is 1.36. The number of carboxylic acids is 1.